The average molecular weight is 245 g/mol. The lowest BCUT2D eigenvalue weighted by Crippen LogP contribution is -2.37. The van der Waals surface area contributed by atoms with Gasteiger partial charge in [0, 0.05) is 20.8 Å². The lowest BCUT2D eigenvalue weighted by Gasteiger charge is -2.25. The zero-order valence-electron chi connectivity index (χ0n) is 10.2. The molecule has 0 aromatic heterocycles. The predicted molar refractivity (Wildman–Crippen MR) is 57.5 cm³/mol. The van der Waals surface area contributed by atoms with Crippen molar-refractivity contribution >= 4 is 17.9 Å². The first-order valence-electron chi connectivity index (χ1n) is 5.17. The normalized spacial score (nSPS) is 11.8. The molecule has 0 N–H and O–H groups in total. The van der Waals surface area contributed by atoms with Crippen LogP contribution in [0, 0.1) is 6.92 Å². The molecule has 0 saturated carbocycles. The van der Waals surface area contributed by atoms with E-state index in [4.69, 9.17) is 14.2 Å². The summed E-state index contributed by atoms with van der Waals surface area (Å²) in [6.07, 6.45) is -1.30. The van der Waals surface area contributed by atoms with Crippen molar-refractivity contribution in [3.63, 3.8) is 0 Å². The molecule has 0 saturated heterocycles. The molecular formula is C11H17O6. The summed E-state index contributed by atoms with van der Waals surface area (Å²) in [6, 6.07) is 0. The molecule has 0 aliphatic carbocycles. The molecular weight excluding hydrogens is 228 g/mol. The summed E-state index contributed by atoms with van der Waals surface area (Å²) in [5.74, 6) is -1.80. The van der Waals surface area contributed by atoms with E-state index in [0.717, 1.165) is 0 Å². The maximum Gasteiger partial charge on any atom is 0.305 e. The van der Waals surface area contributed by atoms with E-state index in [1.165, 1.54) is 20.8 Å². The maximum atomic E-state index is 10.9. The third-order valence-electron chi connectivity index (χ3n) is 1.67. The van der Waals surface area contributed by atoms with Crippen molar-refractivity contribution in [2.75, 3.05) is 0 Å². The fraction of sp³-hybridized carbons (Fsp3) is 0.636. The van der Waals surface area contributed by atoms with Gasteiger partial charge in [-0.05, 0) is 12.8 Å². The van der Waals surface area contributed by atoms with Gasteiger partial charge in [-0.2, -0.15) is 0 Å². The van der Waals surface area contributed by atoms with Gasteiger partial charge in [-0.3, -0.25) is 14.4 Å². The fourth-order valence-electron chi connectivity index (χ4n) is 1.17. The topological polar surface area (TPSA) is 78.9 Å². The van der Waals surface area contributed by atoms with Gasteiger partial charge in [0.1, 0.15) is 0 Å². The molecule has 0 heterocycles. The van der Waals surface area contributed by atoms with Gasteiger partial charge in [0.2, 0.25) is 0 Å². The Kier molecular flexibility index (Phi) is 6.93. The zero-order chi connectivity index (χ0) is 13.4. The lowest BCUT2D eigenvalue weighted by molar-refractivity contribution is -0.212. The molecule has 1 atom stereocenters. The van der Waals surface area contributed by atoms with E-state index in [9.17, 15) is 14.4 Å². The van der Waals surface area contributed by atoms with Crippen molar-refractivity contribution in [3.05, 3.63) is 6.92 Å². The Morgan fingerprint density at radius 3 is 1.65 bits per heavy atom. The van der Waals surface area contributed by atoms with Crippen LogP contribution in [-0.4, -0.2) is 30.3 Å². The molecule has 0 aromatic carbocycles. The molecule has 17 heavy (non-hydrogen) atoms. The Morgan fingerprint density at radius 2 is 1.35 bits per heavy atom. The van der Waals surface area contributed by atoms with E-state index in [1.54, 1.807) is 0 Å². The van der Waals surface area contributed by atoms with Gasteiger partial charge in [0.15, 0.2) is 6.10 Å². The third kappa shape index (κ3) is 7.32. The molecule has 0 fully saturated rings. The number of carbonyl (C=O) groups is 3. The number of hydrogen-bond donors (Lipinski definition) is 0. The quantitative estimate of drug-likeness (QED) is 0.512. The van der Waals surface area contributed by atoms with Gasteiger partial charge in [-0.25, -0.2) is 0 Å². The number of esters is 3. The minimum Gasteiger partial charge on any atom is -0.455 e. The van der Waals surface area contributed by atoms with Crippen LogP contribution in [0.3, 0.4) is 0 Å². The van der Waals surface area contributed by atoms with Crippen molar-refractivity contribution < 1.29 is 28.6 Å². The fourth-order valence-corrected chi connectivity index (χ4v) is 1.17. The van der Waals surface area contributed by atoms with E-state index >= 15 is 0 Å². The van der Waals surface area contributed by atoms with Crippen molar-refractivity contribution in [1.82, 2.24) is 0 Å². The lowest BCUT2D eigenvalue weighted by atomic mass is 10.2. The summed E-state index contributed by atoms with van der Waals surface area (Å²) in [6.45, 7) is 7.16. The first-order chi connectivity index (χ1) is 7.86. The van der Waals surface area contributed by atoms with Crippen LogP contribution in [-0.2, 0) is 28.6 Å². The number of rotatable bonds is 6. The van der Waals surface area contributed by atoms with Gasteiger partial charge in [-0.15, -0.1) is 0 Å². The molecule has 97 valence electrons. The van der Waals surface area contributed by atoms with Gasteiger partial charge >= 0.3 is 17.9 Å². The summed E-state index contributed by atoms with van der Waals surface area (Å²) in [5.41, 5.74) is 0. The highest BCUT2D eigenvalue weighted by Crippen LogP contribution is 2.13. The largest absolute Gasteiger partial charge is 0.455 e. The Hall–Kier alpha value is -1.59. The van der Waals surface area contributed by atoms with E-state index in [1.807, 2.05) is 0 Å². The molecule has 0 spiro atoms. The highest BCUT2D eigenvalue weighted by atomic mass is 16.7. The van der Waals surface area contributed by atoms with Crippen LogP contribution in [0.2, 0.25) is 0 Å². The number of hydrogen-bond acceptors (Lipinski definition) is 6. The molecule has 1 radical (unpaired) electrons. The Morgan fingerprint density at radius 1 is 0.941 bits per heavy atom. The van der Waals surface area contributed by atoms with Crippen LogP contribution in [0.15, 0.2) is 0 Å². The summed E-state index contributed by atoms with van der Waals surface area (Å²) < 4.78 is 14.5. The standard InChI is InChI=1S/C11H17O6/c1-5-6-10(15-7(2)12)11(16-8(3)13)17-9(4)14/h10-11H,1,5-6H2,2-4H3. The smallest absolute Gasteiger partial charge is 0.305 e. The Balaban J connectivity index is 4.70. The zero-order valence-corrected chi connectivity index (χ0v) is 10.2. The average Bonchev–Trinajstić information content (AvgIpc) is 2.13. The molecule has 1 unspecified atom stereocenters. The number of carbonyl (C=O) groups excluding carboxylic acids is 3. The van der Waals surface area contributed by atoms with E-state index < -0.39 is 30.3 Å². The van der Waals surface area contributed by atoms with Crippen molar-refractivity contribution in [2.45, 2.75) is 46.0 Å². The second-order valence-electron chi connectivity index (χ2n) is 3.38. The summed E-state index contributed by atoms with van der Waals surface area (Å²) in [7, 11) is 0. The van der Waals surface area contributed by atoms with Crippen LogP contribution in [0.25, 0.3) is 0 Å². The molecule has 0 bridgehead atoms. The molecule has 6 nitrogen and oxygen atoms in total. The highest BCUT2D eigenvalue weighted by molar-refractivity contribution is 5.69. The van der Waals surface area contributed by atoms with Gasteiger partial charge in [-0.1, -0.05) is 6.92 Å². The molecule has 6 heteroatoms. The molecule has 0 aliphatic heterocycles. The van der Waals surface area contributed by atoms with E-state index in [-0.39, 0.29) is 0 Å². The maximum absolute atomic E-state index is 10.9. The van der Waals surface area contributed by atoms with E-state index in [2.05, 4.69) is 6.92 Å². The van der Waals surface area contributed by atoms with Crippen LogP contribution in [0.5, 0.6) is 0 Å². The van der Waals surface area contributed by atoms with Crippen LogP contribution in [0.4, 0.5) is 0 Å². The molecule has 0 amide bonds. The second kappa shape index (κ2) is 7.65. The van der Waals surface area contributed by atoms with Crippen LogP contribution in [0.1, 0.15) is 33.6 Å². The van der Waals surface area contributed by atoms with Crippen LogP contribution >= 0.6 is 0 Å². The minimum atomic E-state index is -1.23. The molecule has 0 aromatic rings. The van der Waals surface area contributed by atoms with Gasteiger partial charge in [0.25, 0.3) is 6.29 Å². The van der Waals surface area contributed by atoms with Crippen molar-refractivity contribution in [2.24, 2.45) is 0 Å². The summed E-state index contributed by atoms with van der Waals surface area (Å²) >= 11 is 0. The van der Waals surface area contributed by atoms with Crippen molar-refractivity contribution in [3.8, 4) is 0 Å². The van der Waals surface area contributed by atoms with Gasteiger partial charge in [0.05, 0.1) is 0 Å². The Bertz CT molecular complexity index is 270. The summed E-state index contributed by atoms with van der Waals surface area (Å²) in [5, 5.41) is 0. The first-order valence-corrected chi connectivity index (χ1v) is 5.17. The number of ether oxygens (including phenoxy) is 3. The monoisotopic (exact) mass is 245 g/mol. The summed E-state index contributed by atoms with van der Waals surface area (Å²) in [4.78, 5) is 32.6. The third-order valence-corrected chi connectivity index (χ3v) is 1.67. The van der Waals surface area contributed by atoms with Crippen LogP contribution < -0.4 is 0 Å². The Labute approximate surface area is 100 Å². The minimum absolute atomic E-state index is 0.324. The molecule has 0 rings (SSSR count). The highest BCUT2D eigenvalue weighted by Gasteiger charge is 2.29. The van der Waals surface area contributed by atoms with E-state index in [0.29, 0.717) is 12.8 Å². The first kappa shape index (κ1) is 15.4. The van der Waals surface area contributed by atoms with Crippen molar-refractivity contribution in [1.29, 1.82) is 0 Å². The van der Waals surface area contributed by atoms with Gasteiger partial charge < -0.3 is 14.2 Å². The molecule has 0 aliphatic rings. The SMILES string of the molecule is [CH2]CCC(OC(C)=O)C(OC(C)=O)OC(C)=O. The predicted octanol–water partition coefficient (Wildman–Crippen LogP) is 0.985. The second-order valence-corrected chi connectivity index (χ2v) is 3.38.